The Balaban J connectivity index is 1.80. The molecule has 3 heteroatoms. The predicted molar refractivity (Wildman–Crippen MR) is 62.2 cm³/mol. The van der Waals surface area contributed by atoms with Crippen molar-refractivity contribution >= 4 is 5.84 Å². The average Bonchev–Trinajstić information content (AvgIpc) is 2.88. The van der Waals surface area contributed by atoms with Crippen LogP contribution < -0.4 is 5.32 Å². The monoisotopic (exact) mass is 218 g/mol. The van der Waals surface area contributed by atoms with Crippen LogP contribution in [0, 0.1) is 5.82 Å². The van der Waals surface area contributed by atoms with Crippen LogP contribution in [0.5, 0.6) is 0 Å². The molecule has 0 amide bonds. The summed E-state index contributed by atoms with van der Waals surface area (Å²) in [4.78, 5) is 4.44. The van der Waals surface area contributed by atoms with Crippen LogP contribution in [0.1, 0.15) is 24.8 Å². The number of nitrogens with one attached hydrogen (secondary N) is 1. The number of halogens is 1. The van der Waals surface area contributed by atoms with E-state index in [4.69, 9.17) is 0 Å². The second-order valence-corrected chi connectivity index (χ2v) is 4.72. The Morgan fingerprint density at radius 1 is 1.25 bits per heavy atom. The van der Waals surface area contributed by atoms with Crippen molar-refractivity contribution in [1.29, 1.82) is 0 Å². The molecule has 0 bridgehead atoms. The standard InChI is InChI=1S/C13H15FN2/c14-11-3-1-10(2-4-11)13(5-6-13)9-12-15-7-8-16-12/h1-4H,5-9H2,(H,15,16). The molecule has 0 atom stereocenters. The van der Waals surface area contributed by atoms with Crippen LogP contribution in [-0.4, -0.2) is 18.9 Å². The summed E-state index contributed by atoms with van der Waals surface area (Å²) in [6.07, 6.45) is 3.37. The number of aliphatic imine (C=N–C) groups is 1. The van der Waals surface area contributed by atoms with E-state index in [1.54, 1.807) is 12.1 Å². The van der Waals surface area contributed by atoms with Gasteiger partial charge in [0.05, 0.1) is 12.4 Å². The van der Waals surface area contributed by atoms with Crippen LogP contribution in [0.15, 0.2) is 29.3 Å². The van der Waals surface area contributed by atoms with E-state index >= 15 is 0 Å². The zero-order valence-corrected chi connectivity index (χ0v) is 9.17. The van der Waals surface area contributed by atoms with Gasteiger partial charge in [-0.15, -0.1) is 0 Å². The quantitative estimate of drug-likeness (QED) is 0.826. The molecule has 3 rings (SSSR count). The molecule has 1 fully saturated rings. The molecular weight excluding hydrogens is 203 g/mol. The van der Waals surface area contributed by atoms with Crippen molar-refractivity contribution in [2.45, 2.75) is 24.7 Å². The molecule has 16 heavy (non-hydrogen) atoms. The lowest BCUT2D eigenvalue weighted by Crippen LogP contribution is -2.23. The van der Waals surface area contributed by atoms with Crippen molar-refractivity contribution in [3.8, 4) is 0 Å². The number of amidine groups is 1. The smallest absolute Gasteiger partial charge is 0.123 e. The van der Waals surface area contributed by atoms with Crippen molar-refractivity contribution in [1.82, 2.24) is 5.32 Å². The van der Waals surface area contributed by atoms with E-state index in [-0.39, 0.29) is 11.2 Å². The fourth-order valence-corrected chi connectivity index (χ4v) is 2.41. The fourth-order valence-electron chi connectivity index (χ4n) is 2.41. The van der Waals surface area contributed by atoms with Crippen LogP contribution in [0.3, 0.4) is 0 Å². The van der Waals surface area contributed by atoms with Gasteiger partial charge in [-0.3, -0.25) is 4.99 Å². The van der Waals surface area contributed by atoms with Gasteiger partial charge in [0.1, 0.15) is 5.82 Å². The molecule has 1 aliphatic carbocycles. The van der Waals surface area contributed by atoms with E-state index in [0.29, 0.717) is 0 Å². The minimum absolute atomic E-state index is 0.157. The molecule has 0 saturated heterocycles. The Labute approximate surface area is 94.6 Å². The zero-order valence-electron chi connectivity index (χ0n) is 9.17. The summed E-state index contributed by atoms with van der Waals surface area (Å²) in [7, 11) is 0. The summed E-state index contributed by atoms with van der Waals surface area (Å²) in [5, 5.41) is 3.31. The van der Waals surface area contributed by atoms with Gasteiger partial charge in [-0.2, -0.15) is 0 Å². The third kappa shape index (κ3) is 1.70. The van der Waals surface area contributed by atoms with Crippen LogP contribution in [0.4, 0.5) is 4.39 Å². The van der Waals surface area contributed by atoms with Gasteiger partial charge >= 0.3 is 0 Å². The molecule has 0 aromatic heterocycles. The summed E-state index contributed by atoms with van der Waals surface area (Å²) < 4.78 is 12.9. The lowest BCUT2D eigenvalue weighted by atomic mass is 9.92. The molecular formula is C13H15FN2. The Hall–Kier alpha value is -1.38. The second-order valence-electron chi connectivity index (χ2n) is 4.72. The van der Waals surface area contributed by atoms with Crippen molar-refractivity contribution < 1.29 is 4.39 Å². The van der Waals surface area contributed by atoms with Crippen molar-refractivity contribution in [3.05, 3.63) is 35.6 Å². The average molecular weight is 218 g/mol. The molecule has 1 heterocycles. The first-order chi connectivity index (χ1) is 7.78. The van der Waals surface area contributed by atoms with Crippen molar-refractivity contribution in [2.24, 2.45) is 4.99 Å². The Kier molecular flexibility index (Phi) is 2.20. The minimum Gasteiger partial charge on any atom is -0.372 e. The molecule has 84 valence electrons. The third-order valence-corrected chi connectivity index (χ3v) is 3.56. The summed E-state index contributed by atoms with van der Waals surface area (Å²) >= 11 is 0. The lowest BCUT2D eigenvalue weighted by molar-refractivity contribution is 0.624. The SMILES string of the molecule is Fc1ccc(C2(CC3=NCCN3)CC2)cc1. The van der Waals surface area contributed by atoms with Gasteiger partial charge in [0.15, 0.2) is 0 Å². The minimum atomic E-state index is -0.157. The highest BCUT2D eigenvalue weighted by molar-refractivity contribution is 5.85. The van der Waals surface area contributed by atoms with E-state index in [2.05, 4.69) is 10.3 Å². The first-order valence-electron chi connectivity index (χ1n) is 5.82. The van der Waals surface area contributed by atoms with Gasteiger partial charge in [-0.1, -0.05) is 12.1 Å². The molecule has 1 aliphatic heterocycles. The Morgan fingerprint density at radius 3 is 2.56 bits per heavy atom. The highest BCUT2D eigenvalue weighted by Gasteiger charge is 2.45. The van der Waals surface area contributed by atoms with Crippen molar-refractivity contribution in [2.75, 3.05) is 13.1 Å². The van der Waals surface area contributed by atoms with E-state index < -0.39 is 0 Å². The molecule has 1 saturated carbocycles. The zero-order chi connectivity index (χ0) is 11.0. The number of hydrogen-bond acceptors (Lipinski definition) is 2. The van der Waals surface area contributed by atoms with E-state index in [9.17, 15) is 4.39 Å². The van der Waals surface area contributed by atoms with E-state index in [0.717, 1.165) is 25.3 Å². The molecule has 0 unspecified atom stereocenters. The topological polar surface area (TPSA) is 24.4 Å². The maximum atomic E-state index is 12.9. The number of nitrogens with zero attached hydrogens (tertiary/aromatic N) is 1. The predicted octanol–water partition coefficient (Wildman–Crippen LogP) is 2.25. The third-order valence-electron chi connectivity index (χ3n) is 3.56. The number of hydrogen-bond donors (Lipinski definition) is 1. The van der Waals surface area contributed by atoms with Crippen LogP contribution in [0.25, 0.3) is 0 Å². The first kappa shape index (κ1) is 9.82. The molecule has 1 aromatic rings. The number of rotatable bonds is 3. The summed E-state index contributed by atoms with van der Waals surface area (Å²) in [5.41, 5.74) is 1.49. The van der Waals surface area contributed by atoms with E-state index in [1.165, 1.54) is 18.4 Å². The number of benzene rings is 1. The summed E-state index contributed by atoms with van der Waals surface area (Å²) in [5.74, 6) is 0.970. The highest BCUT2D eigenvalue weighted by atomic mass is 19.1. The van der Waals surface area contributed by atoms with Gasteiger partial charge in [0.25, 0.3) is 0 Å². The van der Waals surface area contributed by atoms with Crippen LogP contribution >= 0.6 is 0 Å². The van der Waals surface area contributed by atoms with Gasteiger partial charge in [-0.25, -0.2) is 4.39 Å². The highest BCUT2D eigenvalue weighted by Crippen LogP contribution is 2.51. The van der Waals surface area contributed by atoms with Gasteiger partial charge in [0.2, 0.25) is 0 Å². The maximum Gasteiger partial charge on any atom is 0.123 e. The van der Waals surface area contributed by atoms with Crippen LogP contribution in [0.2, 0.25) is 0 Å². The molecule has 1 N–H and O–H groups in total. The summed E-state index contributed by atoms with van der Waals surface area (Å²) in [6, 6.07) is 6.94. The summed E-state index contributed by atoms with van der Waals surface area (Å²) in [6.45, 7) is 1.86. The van der Waals surface area contributed by atoms with Crippen molar-refractivity contribution in [3.63, 3.8) is 0 Å². The fraction of sp³-hybridized carbons (Fsp3) is 0.462. The second kappa shape index (κ2) is 3.58. The molecule has 0 radical (unpaired) electrons. The van der Waals surface area contributed by atoms with Gasteiger partial charge in [0, 0.05) is 18.4 Å². The molecule has 2 aliphatic rings. The maximum absolute atomic E-state index is 12.9. The van der Waals surface area contributed by atoms with Crippen LogP contribution in [-0.2, 0) is 5.41 Å². The van der Waals surface area contributed by atoms with Gasteiger partial charge < -0.3 is 5.32 Å². The first-order valence-corrected chi connectivity index (χ1v) is 5.82. The Bertz CT molecular complexity index is 418. The molecule has 0 spiro atoms. The largest absolute Gasteiger partial charge is 0.372 e. The molecule has 1 aromatic carbocycles. The molecule has 2 nitrogen and oxygen atoms in total. The Morgan fingerprint density at radius 2 is 2.00 bits per heavy atom. The van der Waals surface area contributed by atoms with Gasteiger partial charge in [-0.05, 0) is 30.5 Å². The normalized spacial score (nSPS) is 21.4. The lowest BCUT2D eigenvalue weighted by Gasteiger charge is -2.15. The van der Waals surface area contributed by atoms with E-state index in [1.807, 2.05) is 12.1 Å².